The molecule has 0 fully saturated rings. The summed E-state index contributed by atoms with van der Waals surface area (Å²) in [6, 6.07) is 5.78. The Kier molecular flexibility index (Phi) is 3.28. The summed E-state index contributed by atoms with van der Waals surface area (Å²) in [6.07, 6.45) is 0. The van der Waals surface area contributed by atoms with Gasteiger partial charge in [0.2, 0.25) is 0 Å². The van der Waals surface area contributed by atoms with Crippen molar-refractivity contribution >= 4 is 5.97 Å². The molecule has 0 bridgehead atoms. The van der Waals surface area contributed by atoms with E-state index in [1.807, 2.05) is 45.9 Å². The molecule has 0 saturated heterocycles. The summed E-state index contributed by atoms with van der Waals surface area (Å²) in [4.78, 5) is 11.3. The highest BCUT2D eigenvalue weighted by atomic mass is 16.5. The molecule has 0 unspecified atom stereocenters. The Hall–Kier alpha value is -1.31. The first kappa shape index (κ1) is 10.8. The Morgan fingerprint density at radius 2 is 1.93 bits per heavy atom. The van der Waals surface area contributed by atoms with Gasteiger partial charge in [-0.2, -0.15) is 0 Å². The highest BCUT2D eigenvalue weighted by Gasteiger charge is 2.10. The molecule has 0 amide bonds. The summed E-state index contributed by atoms with van der Waals surface area (Å²) >= 11 is 0. The molecule has 1 aromatic rings. The van der Waals surface area contributed by atoms with Gasteiger partial charge < -0.3 is 4.74 Å². The van der Waals surface area contributed by atoms with Gasteiger partial charge in [0.15, 0.2) is 0 Å². The molecule has 0 spiro atoms. The summed E-state index contributed by atoms with van der Waals surface area (Å²) in [5.41, 5.74) is 2.17. The molecule has 0 radical (unpaired) electrons. The second kappa shape index (κ2) is 4.27. The van der Waals surface area contributed by atoms with Gasteiger partial charge in [-0.15, -0.1) is 0 Å². The van der Waals surface area contributed by atoms with E-state index in [9.17, 15) is 4.79 Å². The summed E-state index contributed by atoms with van der Waals surface area (Å²) in [5.74, 6) is 0.391. The van der Waals surface area contributed by atoms with Crippen molar-refractivity contribution in [2.75, 3.05) is 0 Å². The third-order valence-electron chi connectivity index (χ3n) is 2.01. The number of carbonyl (C=O) groups is 1. The number of rotatable bonds is 2. The Bertz CT molecular complexity index is 340. The zero-order valence-electron chi connectivity index (χ0n) is 9.13. The Labute approximate surface area is 84.9 Å². The van der Waals surface area contributed by atoms with Gasteiger partial charge in [-0.1, -0.05) is 31.5 Å². The maximum atomic E-state index is 11.3. The fraction of sp³-hybridized carbons (Fsp3) is 0.417. The van der Waals surface area contributed by atoms with Crippen LogP contribution in [0.1, 0.15) is 25.0 Å². The summed E-state index contributed by atoms with van der Waals surface area (Å²) in [5, 5.41) is 0. The van der Waals surface area contributed by atoms with Crippen LogP contribution in [-0.4, -0.2) is 5.97 Å². The fourth-order valence-electron chi connectivity index (χ4n) is 1.14. The molecule has 1 aromatic carbocycles. The van der Waals surface area contributed by atoms with E-state index in [2.05, 4.69) is 0 Å². The van der Waals surface area contributed by atoms with Gasteiger partial charge in [-0.05, 0) is 25.5 Å². The lowest BCUT2D eigenvalue weighted by atomic mass is 10.1. The lowest BCUT2D eigenvalue weighted by Gasteiger charge is -2.09. The first-order valence-electron chi connectivity index (χ1n) is 4.79. The molecule has 0 aliphatic carbocycles. The van der Waals surface area contributed by atoms with Gasteiger partial charge in [-0.3, -0.25) is 4.79 Å². The zero-order valence-corrected chi connectivity index (χ0v) is 9.13. The number of carbonyl (C=O) groups excluding carboxylic acids is 1. The number of hydrogen-bond donors (Lipinski definition) is 0. The Morgan fingerprint density at radius 1 is 1.29 bits per heavy atom. The zero-order chi connectivity index (χ0) is 10.7. The van der Waals surface area contributed by atoms with Gasteiger partial charge >= 0.3 is 5.97 Å². The summed E-state index contributed by atoms with van der Waals surface area (Å²) < 4.78 is 5.22. The quantitative estimate of drug-likeness (QED) is 0.532. The maximum Gasteiger partial charge on any atom is 0.313 e. The predicted molar refractivity (Wildman–Crippen MR) is 56.4 cm³/mol. The van der Waals surface area contributed by atoms with Crippen LogP contribution in [0.3, 0.4) is 0 Å². The monoisotopic (exact) mass is 192 g/mol. The van der Waals surface area contributed by atoms with Crippen LogP contribution in [0.15, 0.2) is 18.2 Å². The topological polar surface area (TPSA) is 26.3 Å². The Balaban J connectivity index is 2.82. The lowest BCUT2D eigenvalue weighted by Crippen LogP contribution is -2.15. The lowest BCUT2D eigenvalue weighted by molar-refractivity contribution is -0.137. The van der Waals surface area contributed by atoms with E-state index in [1.54, 1.807) is 0 Å². The van der Waals surface area contributed by atoms with Crippen molar-refractivity contribution in [3.05, 3.63) is 29.3 Å². The molecule has 0 aromatic heterocycles. The molecular weight excluding hydrogens is 176 g/mol. The highest BCUT2D eigenvalue weighted by molar-refractivity contribution is 5.74. The molecule has 14 heavy (non-hydrogen) atoms. The molecule has 0 aliphatic rings. The standard InChI is InChI=1S/C12H16O2/c1-8(2)12(13)14-11-6-5-9(3)7-10(11)4/h5-8H,1-4H3. The third-order valence-corrected chi connectivity index (χ3v) is 2.01. The smallest absolute Gasteiger partial charge is 0.313 e. The SMILES string of the molecule is Cc1ccc(OC(=O)C(C)C)c(C)c1. The van der Waals surface area contributed by atoms with Crippen molar-refractivity contribution in [1.29, 1.82) is 0 Å². The molecule has 0 N–H and O–H groups in total. The molecule has 2 heteroatoms. The van der Waals surface area contributed by atoms with Crippen LogP contribution in [0.25, 0.3) is 0 Å². The van der Waals surface area contributed by atoms with E-state index >= 15 is 0 Å². The van der Waals surface area contributed by atoms with Crippen molar-refractivity contribution in [2.45, 2.75) is 27.7 Å². The largest absolute Gasteiger partial charge is 0.426 e. The maximum absolute atomic E-state index is 11.3. The molecule has 2 nitrogen and oxygen atoms in total. The molecular formula is C12H16O2. The van der Waals surface area contributed by atoms with Crippen LogP contribution in [0, 0.1) is 19.8 Å². The summed E-state index contributed by atoms with van der Waals surface area (Å²) in [7, 11) is 0. The van der Waals surface area contributed by atoms with E-state index < -0.39 is 0 Å². The van der Waals surface area contributed by atoms with Crippen molar-refractivity contribution in [3.63, 3.8) is 0 Å². The molecule has 1 rings (SSSR count). The van der Waals surface area contributed by atoms with E-state index in [0.717, 1.165) is 5.56 Å². The number of esters is 1. The van der Waals surface area contributed by atoms with Crippen molar-refractivity contribution in [2.24, 2.45) is 5.92 Å². The van der Waals surface area contributed by atoms with Crippen molar-refractivity contribution in [3.8, 4) is 5.75 Å². The van der Waals surface area contributed by atoms with Gasteiger partial charge in [0.1, 0.15) is 5.75 Å². The van der Waals surface area contributed by atoms with Gasteiger partial charge in [0, 0.05) is 0 Å². The molecule has 0 saturated carbocycles. The van der Waals surface area contributed by atoms with Gasteiger partial charge in [0.25, 0.3) is 0 Å². The minimum absolute atomic E-state index is 0.0873. The molecule has 0 heterocycles. The molecule has 0 aliphatic heterocycles. The van der Waals surface area contributed by atoms with E-state index in [4.69, 9.17) is 4.74 Å². The average molecular weight is 192 g/mol. The first-order chi connectivity index (χ1) is 6.50. The highest BCUT2D eigenvalue weighted by Crippen LogP contribution is 2.19. The number of ether oxygens (including phenoxy) is 1. The van der Waals surface area contributed by atoms with Gasteiger partial charge in [0.05, 0.1) is 5.92 Å². The average Bonchev–Trinajstić information content (AvgIpc) is 2.09. The van der Waals surface area contributed by atoms with E-state index in [0.29, 0.717) is 5.75 Å². The van der Waals surface area contributed by atoms with Crippen LogP contribution >= 0.6 is 0 Å². The second-order valence-corrected chi connectivity index (χ2v) is 3.84. The van der Waals surface area contributed by atoms with Gasteiger partial charge in [-0.25, -0.2) is 0 Å². The third kappa shape index (κ3) is 2.59. The van der Waals surface area contributed by atoms with E-state index in [1.165, 1.54) is 5.56 Å². The predicted octanol–water partition coefficient (Wildman–Crippen LogP) is 2.86. The number of aryl methyl sites for hydroxylation is 2. The van der Waals surface area contributed by atoms with Crippen molar-refractivity contribution < 1.29 is 9.53 Å². The van der Waals surface area contributed by atoms with Crippen LogP contribution in [-0.2, 0) is 4.79 Å². The second-order valence-electron chi connectivity index (χ2n) is 3.84. The van der Waals surface area contributed by atoms with E-state index in [-0.39, 0.29) is 11.9 Å². The Morgan fingerprint density at radius 3 is 2.43 bits per heavy atom. The number of hydrogen-bond acceptors (Lipinski definition) is 2. The van der Waals surface area contributed by atoms with Crippen LogP contribution < -0.4 is 4.74 Å². The van der Waals surface area contributed by atoms with Crippen LogP contribution in [0.2, 0.25) is 0 Å². The molecule has 76 valence electrons. The van der Waals surface area contributed by atoms with Crippen LogP contribution in [0.5, 0.6) is 5.75 Å². The van der Waals surface area contributed by atoms with Crippen LogP contribution in [0.4, 0.5) is 0 Å². The first-order valence-corrected chi connectivity index (χ1v) is 4.79. The fourth-order valence-corrected chi connectivity index (χ4v) is 1.14. The normalized spacial score (nSPS) is 10.4. The number of benzene rings is 1. The minimum Gasteiger partial charge on any atom is -0.426 e. The van der Waals surface area contributed by atoms with Crippen molar-refractivity contribution in [1.82, 2.24) is 0 Å². The summed E-state index contributed by atoms with van der Waals surface area (Å²) in [6.45, 7) is 7.61. The minimum atomic E-state index is -0.183. The molecule has 0 atom stereocenters.